The molecule has 4 aromatic carbocycles. The van der Waals surface area contributed by atoms with E-state index in [-0.39, 0.29) is 17.4 Å². The fourth-order valence-electron chi connectivity index (χ4n) is 4.01. The van der Waals surface area contributed by atoms with Crippen LogP contribution in [0.1, 0.15) is 5.56 Å². The Bertz CT molecular complexity index is 1630. The Hall–Kier alpha value is -4.83. The normalized spacial score (nSPS) is 11.1. The van der Waals surface area contributed by atoms with Crippen molar-refractivity contribution in [1.29, 1.82) is 0 Å². The third kappa shape index (κ3) is 5.70. The molecule has 0 saturated carbocycles. The molecule has 0 aliphatic rings. The number of carbonyl (C=O) groups excluding carboxylic acids is 1. The minimum atomic E-state index is -0.328. The number of methoxy groups -OCH3 is 2. The van der Waals surface area contributed by atoms with E-state index in [1.165, 1.54) is 18.0 Å². The SMILES string of the molecule is COc1ccc(-c2nnc(SCC(=O)N/N=C\c3c(O)ccc4ccccc34)n2-c2ccc(OC)cc2)cc1. The van der Waals surface area contributed by atoms with Crippen molar-refractivity contribution in [3.8, 4) is 34.3 Å². The van der Waals surface area contributed by atoms with Crippen molar-refractivity contribution in [2.45, 2.75) is 5.16 Å². The van der Waals surface area contributed by atoms with Gasteiger partial charge in [-0.05, 0) is 65.4 Å². The number of rotatable bonds is 9. The molecule has 1 amide bonds. The number of phenolic OH excluding ortho intramolecular Hbond substituents is 1. The number of aromatic hydroxyl groups is 1. The van der Waals surface area contributed by atoms with Crippen molar-refractivity contribution < 1.29 is 19.4 Å². The van der Waals surface area contributed by atoms with Crippen molar-refractivity contribution in [1.82, 2.24) is 20.2 Å². The smallest absolute Gasteiger partial charge is 0.250 e. The van der Waals surface area contributed by atoms with Gasteiger partial charge in [0.25, 0.3) is 5.91 Å². The number of aromatic nitrogens is 3. The zero-order valence-electron chi connectivity index (χ0n) is 21.2. The molecular formula is C29H25N5O4S. The Morgan fingerprint density at radius 2 is 1.64 bits per heavy atom. The van der Waals surface area contributed by atoms with E-state index in [0.717, 1.165) is 33.5 Å². The molecule has 5 aromatic rings. The largest absolute Gasteiger partial charge is 0.507 e. The van der Waals surface area contributed by atoms with E-state index in [0.29, 0.717) is 16.5 Å². The third-order valence-corrected chi connectivity index (χ3v) is 6.90. The Labute approximate surface area is 229 Å². The number of hydrazone groups is 1. The lowest BCUT2D eigenvalue weighted by Gasteiger charge is -2.11. The van der Waals surface area contributed by atoms with Gasteiger partial charge in [-0.1, -0.05) is 42.1 Å². The van der Waals surface area contributed by atoms with Gasteiger partial charge in [-0.25, -0.2) is 5.43 Å². The lowest BCUT2D eigenvalue weighted by molar-refractivity contribution is -0.118. The lowest BCUT2D eigenvalue weighted by Crippen LogP contribution is -2.20. The second-order valence-corrected chi connectivity index (χ2v) is 9.31. The second kappa shape index (κ2) is 11.7. The first-order valence-electron chi connectivity index (χ1n) is 12.0. The molecule has 2 N–H and O–H groups in total. The summed E-state index contributed by atoms with van der Waals surface area (Å²) in [6.07, 6.45) is 1.45. The summed E-state index contributed by atoms with van der Waals surface area (Å²) in [6, 6.07) is 26.1. The molecule has 0 spiro atoms. The van der Waals surface area contributed by atoms with Gasteiger partial charge in [-0.2, -0.15) is 5.10 Å². The number of nitrogens with one attached hydrogen (secondary N) is 1. The molecule has 0 fully saturated rings. The summed E-state index contributed by atoms with van der Waals surface area (Å²) in [5, 5.41) is 25.5. The van der Waals surface area contributed by atoms with Crippen molar-refractivity contribution in [2.75, 3.05) is 20.0 Å². The van der Waals surface area contributed by atoms with Crippen LogP contribution in [0.4, 0.5) is 0 Å². The van der Waals surface area contributed by atoms with Crippen LogP contribution in [0.25, 0.3) is 27.8 Å². The fourth-order valence-corrected chi connectivity index (χ4v) is 4.75. The first-order valence-corrected chi connectivity index (χ1v) is 13.0. The lowest BCUT2D eigenvalue weighted by atomic mass is 10.0. The quantitative estimate of drug-likeness (QED) is 0.153. The summed E-state index contributed by atoms with van der Waals surface area (Å²) in [4.78, 5) is 12.6. The van der Waals surface area contributed by atoms with E-state index >= 15 is 0 Å². The molecule has 5 rings (SSSR count). The summed E-state index contributed by atoms with van der Waals surface area (Å²) in [6.45, 7) is 0. The van der Waals surface area contributed by atoms with Gasteiger partial charge in [0.1, 0.15) is 17.2 Å². The first kappa shape index (κ1) is 25.8. The summed E-state index contributed by atoms with van der Waals surface area (Å²) in [7, 11) is 3.23. The monoisotopic (exact) mass is 539 g/mol. The number of benzene rings is 4. The average Bonchev–Trinajstić information content (AvgIpc) is 3.41. The molecule has 10 heteroatoms. The van der Waals surface area contributed by atoms with E-state index in [1.807, 2.05) is 83.4 Å². The number of nitrogens with zero attached hydrogens (tertiary/aromatic N) is 4. The van der Waals surface area contributed by atoms with Gasteiger partial charge in [0.15, 0.2) is 11.0 Å². The number of phenols is 1. The summed E-state index contributed by atoms with van der Waals surface area (Å²) < 4.78 is 12.5. The number of amides is 1. The number of hydrogen-bond acceptors (Lipinski definition) is 8. The van der Waals surface area contributed by atoms with Crippen LogP contribution >= 0.6 is 11.8 Å². The maximum absolute atomic E-state index is 12.6. The van der Waals surface area contributed by atoms with Crippen LogP contribution in [0, 0.1) is 0 Å². The second-order valence-electron chi connectivity index (χ2n) is 8.37. The Kier molecular flexibility index (Phi) is 7.74. The van der Waals surface area contributed by atoms with Gasteiger partial charge < -0.3 is 14.6 Å². The number of thioether (sulfide) groups is 1. The molecule has 0 saturated heterocycles. The molecule has 0 aliphatic heterocycles. The van der Waals surface area contributed by atoms with Crippen LogP contribution in [0.5, 0.6) is 17.2 Å². The molecule has 0 aliphatic carbocycles. The Morgan fingerprint density at radius 1 is 0.949 bits per heavy atom. The molecule has 9 nitrogen and oxygen atoms in total. The van der Waals surface area contributed by atoms with Gasteiger partial charge in [-0.15, -0.1) is 10.2 Å². The molecule has 1 heterocycles. The first-order chi connectivity index (χ1) is 19.1. The van der Waals surface area contributed by atoms with Gasteiger partial charge in [-0.3, -0.25) is 9.36 Å². The van der Waals surface area contributed by atoms with E-state index in [1.54, 1.807) is 20.3 Å². The molecule has 0 unspecified atom stereocenters. The van der Waals surface area contributed by atoms with Crippen LogP contribution in [-0.4, -0.2) is 52.0 Å². The molecular weight excluding hydrogens is 514 g/mol. The predicted molar refractivity (Wildman–Crippen MR) is 152 cm³/mol. The summed E-state index contributed by atoms with van der Waals surface area (Å²) >= 11 is 1.23. The molecule has 0 atom stereocenters. The molecule has 1 aromatic heterocycles. The van der Waals surface area contributed by atoms with Crippen molar-refractivity contribution in [3.63, 3.8) is 0 Å². The maximum atomic E-state index is 12.6. The van der Waals surface area contributed by atoms with Crippen LogP contribution in [-0.2, 0) is 4.79 Å². The molecule has 0 bridgehead atoms. The number of hydrogen-bond donors (Lipinski definition) is 2. The van der Waals surface area contributed by atoms with Crippen molar-refractivity contribution >= 4 is 34.7 Å². The zero-order valence-corrected chi connectivity index (χ0v) is 22.1. The van der Waals surface area contributed by atoms with E-state index < -0.39 is 0 Å². The summed E-state index contributed by atoms with van der Waals surface area (Å²) in [5.41, 5.74) is 4.72. The Morgan fingerprint density at radius 3 is 2.36 bits per heavy atom. The van der Waals surface area contributed by atoms with Crippen molar-refractivity contribution in [3.05, 3.63) is 90.5 Å². The molecule has 196 valence electrons. The minimum Gasteiger partial charge on any atom is -0.507 e. The van der Waals surface area contributed by atoms with E-state index in [2.05, 4.69) is 20.7 Å². The van der Waals surface area contributed by atoms with Crippen LogP contribution < -0.4 is 14.9 Å². The van der Waals surface area contributed by atoms with Gasteiger partial charge in [0.05, 0.1) is 26.2 Å². The van der Waals surface area contributed by atoms with Gasteiger partial charge in [0, 0.05) is 16.8 Å². The third-order valence-electron chi connectivity index (χ3n) is 5.98. The van der Waals surface area contributed by atoms with Crippen molar-refractivity contribution in [2.24, 2.45) is 5.10 Å². The van der Waals surface area contributed by atoms with Gasteiger partial charge >= 0.3 is 0 Å². The fraction of sp³-hybridized carbons (Fsp3) is 0.103. The van der Waals surface area contributed by atoms with Crippen LogP contribution in [0.2, 0.25) is 0 Å². The topological polar surface area (TPSA) is 111 Å². The summed E-state index contributed by atoms with van der Waals surface area (Å²) in [5.74, 6) is 1.89. The van der Waals surface area contributed by atoms with Crippen LogP contribution in [0.3, 0.4) is 0 Å². The molecule has 0 radical (unpaired) electrons. The number of fused-ring (bicyclic) bond motifs is 1. The highest BCUT2D eigenvalue weighted by molar-refractivity contribution is 7.99. The van der Waals surface area contributed by atoms with Gasteiger partial charge in [0.2, 0.25) is 0 Å². The van der Waals surface area contributed by atoms with E-state index in [9.17, 15) is 9.90 Å². The molecule has 39 heavy (non-hydrogen) atoms. The number of ether oxygens (including phenoxy) is 2. The number of carbonyl (C=O) groups is 1. The maximum Gasteiger partial charge on any atom is 0.250 e. The standard InChI is InChI=1S/C29H25N5O4S/c1-37-22-12-7-20(8-13-22)28-32-33-29(34(28)21-10-14-23(38-2)15-11-21)39-18-27(36)31-30-17-25-24-6-4-3-5-19(24)9-16-26(25)35/h3-17,35H,18H2,1-2H3,(H,31,36)/b30-17-. The minimum absolute atomic E-state index is 0.0513. The predicted octanol–water partition coefficient (Wildman–Crippen LogP) is 5.05. The van der Waals surface area contributed by atoms with E-state index in [4.69, 9.17) is 9.47 Å². The Balaban J connectivity index is 1.34. The highest BCUT2D eigenvalue weighted by Crippen LogP contribution is 2.30. The van der Waals surface area contributed by atoms with Crippen LogP contribution in [0.15, 0.2) is 95.2 Å². The zero-order chi connectivity index (χ0) is 27.2. The average molecular weight is 540 g/mol. The highest BCUT2D eigenvalue weighted by Gasteiger charge is 2.18. The highest BCUT2D eigenvalue weighted by atomic mass is 32.2.